The molecule has 0 aliphatic carbocycles. The molecule has 17 heavy (non-hydrogen) atoms. The smallest absolute Gasteiger partial charge is 0.119 e. The van der Waals surface area contributed by atoms with Gasteiger partial charge in [0, 0.05) is 6.61 Å². The molecule has 0 heterocycles. The molecule has 0 spiro atoms. The van der Waals surface area contributed by atoms with E-state index in [0.717, 1.165) is 30.8 Å². The number of rotatable bonds is 8. The third kappa shape index (κ3) is 5.09. The molecule has 96 valence electrons. The van der Waals surface area contributed by atoms with E-state index in [1.54, 1.807) is 7.11 Å². The molecule has 0 aliphatic rings. The molecule has 0 amide bonds. The summed E-state index contributed by atoms with van der Waals surface area (Å²) in [4.78, 5) is 0. The highest BCUT2D eigenvalue weighted by Gasteiger charge is 2.06. The van der Waals surface area contributed by atoms with Crippen LogP contribution in [0.3, 0.4) is 0 Å². The van der Waals surface area contributed by atoms with Crippen molar-refractivity contribution in [1.29, 1.82) is 0 Å². The molecule has 1 unspecified atom stereocenters. The molecular formula is C14H22O3. The Bertz CT molecular complexity index is 295. The van der Waals surface area contributed by atoms with E-state index in [1.165, 1.54) is 0 Å². The third-order valence-electron chi connectivity index (χ3n) is 2.81. The third-order valence-corrected chi connectivity index (χ3v) is 2.81. The standard InChI is InChI=1S/C14H22O3/c1-3-4-12(11-15)9-10-17-14-7-5-13(16-2)6-8-14/h5-8,12,15H,3-4,9-11H2,1-2H3. The minimum Gasteiger partial charge on any atom is -0.497 e. The quantitative estimate of drug-likeness (QED) is 0.757. The lowest BCUT2D eigenvalue weighted by Gasteiger charge is -2.13. The molecule has 0 saturated carbocycles. The first-order chi connectivity index (χ1) is 8.30. The van der Waals surface area contributed by atoms with Crippen LogP contribution in [-0.2, 0) is 0 Å². The second-order valence-corrected chi connectivity index (χ2v) is 4.15. The van der Waals surface area contributed by atoms with Crippen LogP contribution in [0.15, 0.2) is 24.3 Å². The van der Waals surface area contributed by atoms with E-state index < -0.39 is 0 Å². The van der Waals surface area contributed by atoms with Gasteiger partial charge in [0.15, 0.2) is 0 Å². The number of aliphatic hydroxyl groups excluding tert-OH is 1. The van der Waals surface area contributed by atoms with Gasteiger partial charge in [-0.05, 0) is 43.0 Å². The molecule has 1 rings (SSSR count). The molecular weight excluding hydrogens is 216 g/mol. The lowest BCUT2D eigenvalue weighted by Crippen LogP contribution is -2.10. The predicted octanol–water partition coefficient (Wildman–Crippen LogP) is 2.87. The number of hydrogen-bond acceptors (Lipinski definition) is 3. The normalized spacial score (nSPS) is 12.2. The fraction of sp³-hybridized carbons (Fsp3) is 0.571. The summed E-state index contributed by atoms with van der Waals surface area (Å²) in [5.41, 5.74) is 0. The van der Waals surface area contributed by atoms with E-state index in [1.807, 2.05) is 24.3 Å². The lowest BCUT2D eigenvalue weighted by atomic mass is 10.0. The summed E-state index contributed by atoms with van der Waals surface area (Å²) in [5, 5.41) is 9.15. The van der Waals surface area contributed by atoms with Crippen molar-refractivity contribution in [1.82, 2.24) is 0 Å². The zero-order valence-corrected chi connectivity index (χ0v) is 10.7. The van der Waals surface area contributed by atoms with Gasteiger partial charge in [0.1, 0.15) is 11.5 Å². The van der Waals surface area contributed by atoms with Crippen LogP contribution in [0.2, 0.25) is 0 Å². The average molecular weight is 238 g/mol. The highest BCUT2D eigenvalue weighted by Crippen LogP contribution is 2.18. The largest absolute Gasteiger partial charge is 0.497 e. The molecule has 3 heteroatoms. The van der Waals surface area contributed by atoms with Crippen LogP contribution in [0, 0.1) is 5.92 Å². The van der Waals surface area contributed by atoms with Crippen molar-refractivity contribution in [3.63, 3.8) is 0 Å². The number of benzene rings is 1. The lowest BCUT2D eigenvalue weighted by molar-refractivity contribution is 0.183. The van der Waals surface area contributed by atoms with Crippen LogP contribution >= 0.6 is 0 Å². The van der Waals surface area contributed by atoms with Crippen molar-refractivity contribution in [2.75, 3.05) is 20.3 Å². The van der Waals surface area contributed by atoms with Crippen LogP contribution < -0.4 is 9.47 Å². The van der Waals surface area contributed by atoms with Crippen molar-refractivity contribution in [3.05, 3.63) is 24.3 Å². The summed E-state index contributed by atoms with van der Waals surface area (Å²) in [5.74, 6) is 2.04. The van der Waals surface area contributed by atoms with Gasteiger partial charge in [-0.2, -0.15) is 0 Å². The first kappa shape index (κ1) is 13.8. The van der Waals surface area contributed by atoms with Gasteiger partial charge in [-0.15, -0.1) is 0 Å². The van der Waals surface area contributed by atoms with Gasteiger partial charge in [-0.3, -0.25) is 0 Å². The van der Waals surface area contributed by atoms with Crippen LogP contribution in [0.1, 0.15) is 26.2 Å². The highest BCUT2D eigenvalue weighted by molar-refractivity contribution is 5.31. The van der Waals surface area contributed by atoms with E-state index in [0.29, 0.717) is 12.5 Å². The highest BCUT2D eigenvalue weighted by atomic mass is 16.5. The van der Waals surface area contributed by atoms with Crippen LogP contribution in [0.5, 0.6) is 11.5 Å². The van der Waals surface area contributed by atoms with Gasteiger partial charge in [0.2, 0.25) is 0 Å². The topological polar surface area (TPSA) is 38.7 Å². The predicted molar refractivity (Wildman–Crippen MR) is 68.6 cm³/mol. The molecule has 0 fully saturated rings. The second-order valence-electron chi connectivity index (χ2n) is 4.15. The van der Waals surface area contributed by atoms with Gasteiger partial charge in [0.25, 0.3) is 0 Å². The van der Waals surface area contributed by atoms with E-state index in [4.69, 9.17) is 14.6 Å². The molecule has 1 aromatic rings. The summed E-state index contributed by atoms with van der Waals surface area (Å²) < 4.78 is 10.7. The first-order valence-electron chi connectivity index (χ1n) is 6.17. The van der Waals surface area contributed by atoms with Crippen molar-refractivity contribution >= 4 is 0 Å². The molecule has 0 saturated heterocycles. The Labute approximate surface area is 103 Å². The van der Waals surface area contributed by atoms with E-state index in [2.05, 4.69) is 6.92 Å². The summed E-state index contributed by atoms with van der Waals surface area (Å²) in [6.45, 7) is 3.03. The monoisotopic (exact) mass is 238 g/mol. The molecule has 0 radical (unpaired) electrons. The fourth-order valence-corrected chi connectivity index (χ4v) is 1.75. The van der Waals surface area contributed by atoms with Crippen LogP contribution in [-0.4, -0.2) is 25.4 Å². The molecule has 1 aromatic carbocycles. The summed E-state index contributed by atoms with van der Waals surface area (Å²) in [7, 11) is 1.65. The van der Waals surface area contributed by atoms with Crippen molar-refractivity contribution in [2.45, 2.75) is 26.2 Å². The molecule has 1 N–H and O–H groups in total. The number of methoxy groups -OCH3 is 1. The summed E-state index contributed by atoms with van der Waals surface area (Å²) in [6.07, 6.45) is 3.06. The second kappa shape index (κ2) is 7.96. The number of ether oxygens (including phenoxy) is 2. The maximum atomic E-state index is 9.15. The maximum Gasteiger partial charge on any atom is 0.119 e. The molecule has 0 bridgehead atoms. The Morgan fingerprint density at radius 1 is 1.12 bits per heavy atom. The van der Waals surface area contributed by atoms with Gasteiger partial charge < -0.3 is 14.6 Å². The van der Waals surface area contributed by atoms with E-state index in [9.17, 15) is 0 Å². The van der Waals surface area contributed by atoms with Gasteiger partial charge in [0.05, 0.1) is 13.7 Å². The van der Waals surface area contributed by atoms with E-state index in [-0.39, 0.29) is 6.61 Å². The Hall–Kier alpha value is -1.22. The first-order valence-corrected chi connectivity index (χ1v) is 6.17. The zero-order chi connectivity index (χ0) is 12.5. The maximum absolute atomic E-state index is 9.15. The summed E-state index contributed by atoms with van der Waals surface area (Å²) >= 11 is 0. The molecule has 0 aromatic heterocycles. The van der Waals surface area contributed by atoms with Crippen molar-refractivity contribution in [2.24, 2.45) is 5.92 Å². The Morgan fingerprint density at radius 3 is 2.29 bits per heavy atom. The average Bonchev–Trinajstić information content (AvgIpc) is 2.38. The van der Waals surface area contributed by atoms with E-state index >= 15 is 0 Å². The minimum atomic E-state index is 0.250. The number of hydrogen-bond donors (Lipinski definition) is 1. The fourth-order valence-electron chi connectivity index (χ4n) is 1.75. The van der Waals surface area contributed by atoms with Crippen molar-refractivity contribution < 1.29 is 14.6 Å². The Kier molecular flexibility index (Phi) is 6.48. The Morgan fingerprint density at radius 2 is 1.76 bits per heavy atom. The minimum absolute atomic E-state index is 0.250. The van der Waals surface area contributed by atoms with Crippen molar-refractivity contribution in [3.8, 4) is 11.5 Å². The van der Waals surface area contributed by atoms with Gasteiger partial charge >= 0.3 is 0 Å². The van der Waals surface area contributed by atoms with Crippen LogP contribution in [0.25, 0.3) is 0 Å². The molecule has 1 atom stereocenters. The number of aliphatic hydroxyl groups is 1. The van der Waals surface area contributed by atoms with Gasteiger partial charge in [-0.25, -0.2) is 0 Å². The zero-order valence-electron chi connectivity index (χ0n) is 10.7. The summed E-state index contributed by atoms with van der Waals surface area (Å²) in [6, 6.07) is 7.55. The Balaban J connectivity index is 2.29. The molecule has 0 aliphatic heterocycles. The SMILES string of the molecule is CCCC(CO)CCOc1ccc(OC)cc1. The van der Waals surface area contributed by atoms with Gasteiger partial charge in [-0.1, -0.05) is 13.3 Å². The molecule has 3 nitrogen and oxygen atoms in total. The van der Waals surface area contributed by atoms with Crippen LogP contribution in [0.4, 0.5) is 0 Å².